The summed E-state index contributed by atoms with van der Waals surface area (Å²) < 4.78 is 5.18. The van der Waals surface area contributed by atoms with Crippen LogP contribution in [-0.4, -0.2) is 36.4 Å². The molecule has 29 heavy (non-hydrogen) atoms. The summed E-state index contributed by atoms with van der Waals surface area (Å²) in [6.45, 7) is 6.93. The zero-order chi connectivity index (χ0) is 21.2. The average Bonchev–Trinajstić information content (AvgIpc) is 2.72. The molecule has 2 amide bonds. The summed E-state index contributed by atoms with van der Waals surface area (Å²) in [5.41, 5.74) is 3.04. The Labute approximate surface area is 174 Å². The molecule has 0 aliphatic carbocycles. The third-order valence-electron chi connectivity index (χ3n) is 4.95. The van der Waals surface area contributed by atoms with E-state index in [0.29, 0.717) is 13.1 Å². The lowest BCUT2D eigenvalue weighted by Crippen LogP contribution is -2.48. The maximum Gasteiger partial charge on any atom is 0.242 e. The second-order valence-corrected chi connectivity index (χ2v) is 7.36. The molecular weight excluding hydrogens is 364 g/mol. The number of carbonyl (C=O) groups is 2. The van der Waals surface area contributed by atoms with Gasteiger partial charge in [0.2, 0.25) is 11.8 Å². The van der Waals surface area contributed by atoms with Gasteiger partial charge in [-0.05, 0) is 43.5 Å². The van der Waals surface area contributed by atoms with Crippen molar-refractivity contribution in [2.75, 3.05) is 13.7 Å². The van der Waals surface area contributed by atoms with Crippen LogP contribution in [0.25, 0.3) is 0 Å². The van der Waals surface area contributed by atoms with E-state index in [4.69, 9.17) is 4.74 Å². The van der Waals surface area contributed by atoms with E-state index in [2.05, 4.69) is 18.3 Å². The number of benzene rings is 2. The molecule has 0 bridgehead atoms. The van der Waals surface area contributed by atoms with Gasteiger partial charge in [0.05, 0.1) is 13.5 Å². The van der Waals surface area contributed by atoms with Crippen molar-refractivity contribution in [1.82, 2.24) is 10.2 Å². The number of nitrogens with one attached hydrogen (secondary N) is 1. The molecule has 5 nitrogen and oxygen atoms in total. The Bertz CT molecular complexity index is 802. The molecule has 1 unspecified atom stereocenters. The Morgan fingerprint density at radius 1 is 1.10 bits per heavy atom. The van der Waals surface area contributed by atoms with Crippen LogP contribution in [0.5, 0.6) is 5.75 Å². The van der Waals surface area contributed by atoms with Crippen LogP contribution in [-0.2, 0) is 22.6 Å². The number of unbranched alkanes of at least 4 members (excludes halogenated alkanes) is 1. The number of methoxy groups -OCH3 is 1. The van der Waals surface area contributed by atoms with Crippen LogP contribution in [0.15, 0.2) is 48.5 Å². The topological polar surface area (TPSA) is 58.6 Å². The molecule has 0 saturated carbocycles. The van der Waals surface area contributed by atoms with Crippen LogP contribution >= 0.6 is 0 Å². The van der Waals surface area contributed by atoms with Crippen LogP contribution in [0.2, 0.25) is 0 Å². The molecule has 2 aromatic carbocycles. The van der Waals surface area contributed by atoms with Gasteiger partial charge in [0.15, 0.2) is 0 Å². The summed E-state index contributed by atoms with van der Waals surface area (Å²) in [6, 6.07) is 14.9. The third kappa shape index (κ3) is 6.93. The first kappa shape index (κ1) is 22.5. The lowest BCUT2D eigenvalue weighted by atomic mass is 10.1. The highest BCUT2D eigenvalue weighted by atomic mass is 16.5. The van der Waals surface area contributed by atoms with E-state index in [-0.39, 0.29) is 18.2 Å². The predicted molar refractivity (Wildman–Crippen MR) is 116 cm³/mol. The van der Waals surface area contributed by atoms with Gasteiger partial charge in [-0.1, -0.05) is 55.3 Å². The molecule has 0 radical (unpaired) electrons. The maximum atomic E-state index is 13.1. The minimum Gasteiger partial charge on any atom is -0.497 e. The Hall–Kier alpha value is -2.82. The van der Waals surface area contributed by atoms with Gasteiger partial charge in [0.25, 0.3) is 0 Å². The monoisotopic (exact) mass is 396 g/mol. The number of hydrogen-bond donors (Lipinski definition) is 1. The van der Waals surface area contributed by atoms with Crippen LogP contribution in [0, 0.1) is 6.92 Å². The number of hydrogen-bond acceptors (Lipinski definition) is 3. The minimum absolute atomic E-state index is 0.0742. The number of amides is 2. The first-order valence-corrected chi connectivity index (χ1v) is 10.2. The fourth-order valence-corrected chi connectivity index (χ4v) is 3.15. The van der Waals surface area contributed by atoms with E-state index in [1.807, 2.05) is 49.4 Å². The number of nitrogens with zero attached hydrogens (tertiary/aromatic N) is 1. The SMILES string of the molecule is CCCCNC(=O)C(C)N(Cc1cccc(C)c1)C(=O)Cc1ccc(OC)cc1. The van der Waals surface area contributed by atoms with Gasteiger partial charge in [-0.3, -0.25) is 9.59 Å². The van der Waals surface area contributed by atoms with E-state index < -0.39 is 6.04 Å². The Morgan fingerprint density at radius 2 is 1.83 bits per heavy atom. The number of rotatable bonds is 10. The summed E-state index contributed by atoms with van der Waals surface area (Å²) in [5, 5.41) is 2.95. The second-order valence-electron chi connectivity index (χ2n) is 7.36. The van der Waals surface area contributed by atoms with Crippen LogP contribution in [0.3, 0.4) is 0 Å². The van der Waals surface area contributed by atoms with Gasteiger partial charge >= 0.3 is 0 Å². The van der Waals surface area contributed by atoms with Crippen molar-refractivity contribution in [3.8, 4) is 5.75 Å². The van der Waals surface area contributed by atoms with E-state index in [0.717, 1.165) is 35.3 Å². The quantitative estimate of drug-likeness (QED) is 0.620. The highest BCUT2D eigenvalue weighted by Crippen LogP contribution is 2.16. The Morgan fingerprint density at radius 3 is 2.45 bits per heavy atom. The molecule has 2 rings (SSSR count). The average molecular weight is 397 g/mol. The van der Waals surface area contributed by atoms with Gasteiger partial charge < -0.3 is 15.0 Å². The van der Waals surface area contributed by atoms with Crippen molar-refractivity contribution in [2.45, 2.75) is 52.6 Å². The van der Waals surface area contributed by atoms with Crippen LogP contribution in [0.4, 0.5) is 0 Å². The zero-order valence-corrected chi connectivity index (χ0v) is 17.9. The lowest BCUT2D eigenvalue weighted by molar-refractivity contribution is -0.140. The molecule has 156 valence electrons. The van der Waals surface area contributed by atoms with Gasteiger partial charge in [-0.15, -0.1) is 0 Å². The molecule has 2 aromatic rings. The molecule has 1 atom stereocenters. The van der Waals surface area contributed by atoms with E-state index >= 15 is 0 Å². The van der Waals surface area contributed by atoms with E-state index in [1.54, 1.807) is 18.9 Å². The predicted octanol–water partition coefficient (Wildman–Crippen LogP) is 3.88. The summed E-state index contributed by atoms with van der Waals surface area (Å²) in [7, 11) is 1.61. The van der Waals surface area contributed by atoms with Crippen LogP contribution in [0.1, 0.15) is 43.4 Å². The lowest BCUT2D eigenvalue weighted by Gasteiger charge is -2.29. The normalized spacial score (nSPS) is 11.6. The molecular formula is C24H32N2O3. The third-order valence-corrected chi connectivity index (χ3v) is 4.95. The summed E-state index contributed by atoms with van der Waals surface area (Å²) in [6.07, 6.45) is 2.18. The fourth-order valence-electron chi connectivity index (χ4n) is 3.15. The van der Waals surface area contributed by atoms with Crippen molar-refractivity contribution in [3.05, 3.63) is 65.2 Å². The number of ether oxygens (including phenoxy) is 1. The highest BCUT2D eigenvalue weighted by Gasteiger charge is 2.26. The molecule has 1 N–H and O–H groups in total. The molecule has 0 aliphatic heterocycles. The van der Waals surface area contributed by atoms with Crippen molar-refractivity contribution in [2.24, 2.45) is 0 Å². The van der Waals surface area contributed by atoms with Crippen molar-refractivity contribution < 1.29 is 14.3 Å². The molecule has 0 aromatic heterocycles. The van der Waals surface area contributed by atoms with Gasteiger partial charge in [0.1, 0.15) is 11.8 Å². The van der Waals surface area contributed by atoms with Crippen molar-refractivity contribution in [1.29, 1.82) is 0 Å². The smallest absolute Gasteiger partial charge is 0.242 e. The van der Waals surface area contributed by atoms with E-state index in [1.165, 1.54) is 0 Å². The van der Waals surface area contributed by atoms with Gasteiger partial charge in [0, 0.05) is 13.1 Å². The summed E-state index contributed by atoms with van der Waals surface area (Å²) >= 11 is 0. The summed E-state index contributed by atoms with van der Waals surface area (Å²) in [4.78, 5) is 27.4. The maximum absolute atomic E-state index is 13.1. The second kappa shape index (κ2) is 11.2. The molecule has 0 spiro atoms. The summed E-state index contributed by atoms with van der Waals surface area (Å²) in [5.74, 6) is 0.561. The molecule has 0 fully saturated rings. The fraction of sp³-hybridized carbons (Fsp3) is 0.417. The Kier molecular flexibility index (Phi) is 8.71. The molecule has 0 aliphatic rings. The van der Waals surface area contributed by atoms with E-state index in [9.17, 15) is 9.59 Å². The minimum atomic E-state index is -0.543. The molecule has 5 heteroatoms. The van der Waals surface area contributed by atoms with Crippen molar-refractivity contribution in [3.63, 3.8) is 0 Å². The van der Waals surface area contributed by atoms with Gasteiger partial charge in [-0.2, -0.15) is 0 Å². The highest BCUT2D eigenvalue weighted by molar-refractivity contribution is 5.88. The Balaban J connectivity index is 2.17. The largest absolute Gasteiger partial charge is 0.497 e. The first-order chi connectivity index (χ1) is 13.9. The molecule has 0 saturated heterocycles. The van der Waals surface area contributed by atoms with Crippen LogP contribution < -0.4 is 10.1 Å². The first-order valence-electron chi connectivity index (χ1n) is 10.2. The number of aryl methyl sites for hydroxylation is 1. The number of carbonyl (C=O) groups excluding carboxylic acids is 2. The van der Waals surface area contributed by atoms with Crippen molar-refractivity contribution >= 4 is 11.8 Å². The zero-order valence-electron chi connectivity index (χ0n) is 17.9. The molecule has 0 heterocycles. The van der Waals surface area contributed by atoms with Gasteiger partial charge in [-0.25, -0.2) is 0 Å². The standard InChI is InChI=1S/C24H32N2O3/c1-5-6-14-25-24(28)19(3)26(17-21-9-7-8-18(2)15-21)23(27)16-20-10-12-22(29-4)13-11-20/h7-13,15,19H,5-6,14,16-17H2,1-4H3,(H,25,28).